The zero-order valence-corrected chi connectivity index (χ0v) is 23.3. The molecule has 208 valence electrons. The van der Waals surface area contributed by atoms with Gasteiger partial charge in [-0.15, -0.1) is 0 Å². The van der Waals surface area contributed by atoms with E-state index in [0.717, 1.165) is 44.3 Å². The van der Waals surface area contributed by atoms with Gasteiger partial charge >= 0.3 is 0 Å². The van der Waals surface area contributed by atoms with Gasteiger partial charge in [0, 0.05) is 36.0 Å². The first kappa shape index (κ1) is 26.9. The highest BCUT2D eigenvalue weighted by atomic mass is 35.5. The number of halogens is 1. The lowest BCUT2D eigenvalue weighted by molar-refractivity contribution is 0.0951. The molecule has 0 aliphatic carbocycles. The molecule has 1 atom stereocenters. The fourth-order valence-corrected chi connectivity index (χ4v) is 5.10. The smallest absolute Gasteiger partial charge is 0.251 e. The topological polar surface area (TPSA) is 134 Å². The average molecular weight is 577 g/mol. The summed E-state index contributed by atoms with van der Waals surface area (Å²) < 4.78 is 7.18. The molecule has 0 aliphatic heterocycles. The Morgan fingerprint density at radius 3 is 2.76 bits per heavy atom. The number of nitrogens with zero attached hydrogens (tertiary/aromatic N) is 6. The number of aromatic amines is 1. The number of nitriles is 1. The van der Waals surface area contributed by atoms with E-state index < -0.39 is 5.92 Å². The maximum absolute atomic E-state index is 13.0. The maximum atomic E-state index is 13.0. The molecule has 6 rings (SSSR count). The zero-order chi connectivity index (χ0) is 29.1. The van der Waals surface area contributed by atoms with Crippen LogP contribution in [0, 0.1) is 11.3 Å². The molecule has 2 aromatic carbocycles. The summed E-state index contributed by atoms with van der Waals surface area (Å²) in [4.78, 5) is 21.9. The molecule has 10 nitrogen and oxygen atoms in total. The summed E-state index contributed by atoms with van der Waals surface area (Å²) in [6.07, 6.45) is 4.20. The normalized spacial score (nSPS) is 11.8. The quantitative estimate of drug-likeness (QED) is 0.226. The number of pyridine rings is 2. The first-order valence-electron chi connectivity index (χ1n) is 13.2. The second kappa shape index (κ2) is 11.7. The van der Waals surface area contributed by atoms with Gasteiger partial charge in [0.25, 0.3) is 5.91 Å². The third kappa shape index (κ3) is 5.64. The van der Waals surface area contributed by atoms with Gasteiger partial charge in [-0.05, 0) is 65.1 Å². The Kier molecular flexibility index (Phi) is 7.49. The van der Waals surface area contributed by atoms with E-state index in [1.165, 1.54) is 0 Å². The minimum absolute atomic E-state index is 0.225. The summed E-state index contributed by atoms with van der Waals surface area (Å²) in [5.74, 6) is -0.166. The van der Waals surface area contributed by atoms with Crippen LogP contribution >= 0.6 is 11.6 Å². The lowest BCUT2D eigenvalue weighted by Crippen LogP contribution is -2.23. The van der Waals surface area contributed by atoms with E-state index in [9.17, 15) is 10.1 Å². The van der Waals surface area contributed by atoms with Crippen molar-refractivity contribution in [1.82, 2.24) is 35.3 Å². The van der Waals surface area contributed by atoms with Crippen molar-refractivity contribution in [3.63, 3.8) is 0 Å². The summed E-state index contributed by atoms with van der Waals surface area (Å²) in [5.41, 5.74) is 6.31. The monoisotopic (exact) mass is 576 g/mol. The molecule has 1 unspecified atom stereocenters. The number of hydrogen-bond donors (Lipinski definition) is 2. The zero-order valence-electron chi connectivity index (χ0n) is 22.6. The lowest BCUT2D eigenvalue weighted by atomic mass is 9.92. The molecule has 2 N–H and O–H groups in total. The van der Waals surface area contributed by atoms with Gasteiger partial charge in [-0.3, -0.25) is 4.79 Å². The van der Waals surface area contributed by atoms with E-state index in [0.29, 0.717) is 36.1 Å². The van der Waals surface area contributed by atoms with Crippen LogP contribution in [-0.2, 0) is 19.5 Å². The Bertz CT molecular complexity index is 1940. The Balaban J connectivity index is 1.21. The predicted octanol–water partition coefficient (Wildman–Crippen LogP) is 5.19. The van der Waals surface area contributed by atoms with Crippen molar-refractivity contribution in [3.05, 3.63) is 112 Å². The average Bonchev–Trinajstić information content (AvgIpc) is 3.62. The van der Waals surface area contributed by atoms with Crippen molar-refractivity contribution < 1.29 is 9.53 Å². The molecule has 0 saturated heterocycles. The number of nitrogens with one attached hydrogen (secondary N) is 2. The third-order valence-electron chi connectivity index (χ3n) is 7.10. The maximum Gasteiger partial charge on any atom is 0.251 e. The molecule has 0 bridgehead atoms. The summed E-state index contributed by atoms with van der Waals surface area (Å²) in [7, 11) is 1.58. The number of hydrogen-bond acceptors (Lipinski definition) is 7. The first-order valence-corrected chi connectivity index (χ1v) is 13.6. The summed E-state index contributed by atoms with van der Waals surface area (Å²) in [6.45, 7) is 0.865. The molecule has 11 heteroatoms. The van der Waals surface area contributed by atoms with Gasteiger partial charge in [0.05, 0.1) is 25.6 Å². The number of fused-ring (bicyclic) bond motifs is 2. The number of aromatic nitrogens is 6. The number of benzene rings is 2. The Morgan fingerprint density at radius 1 is 1.10 bits per heavy atom. The van der Waals surface area contributed by atoms with Crippen LogP contribution < -0.4 is 10.1 Å². The molecule has 4 aromatic heterocycles. The molecule has 0 spiro atoms. The molecule has 0 fully saturated rings. The largest absolute Gasteiger partial charge is 0.481 e. The molecule has 42 heavy (non-hydrogen) atoms. The van der Waals surface area contributed by atoms with Gasteiger partial charge in [-0.25, -0.2) is 9.97 Å². The van der Waals surface area contributed by atoms with Crippen LogP contribution in [0.5, 0.6) is 5.88 Å². The van der Waals surface area contributed by atoms with Gasteiger partial charge in [0.15, 0.2) is 0 Å². The Hall–Kier alpha value is -5.27. The number of ether oxygens (including phenoxy) is 1. The molecular formula is C31H25ClN8O2. The van der Waals surface area contributed by atoms with Gasteiger partial charge < -0.3 is 14.6 Å². The standard InChI is InChI=1S/C31H25ClN8O2/c1-42-29-10-6-20(16-34-29)17-40-18-24(25-7-9-28(32)36-30(25)40)13-23(14-33)21-3-2-4-22(12-21)31(41)35-15-19-5-8-26-27(11-19)38-39-37-26/h2-12,16,18,23H,13,15,17H2,1H3,(H,35,41)(H,37,38,39). The SMILES string of the molecule is COc1ccc(Cn2cc(CC(C#N)c3cccc(C(=O)NCc4ccc5n[nH]nc5c4)c3)c3ccc(Cl)nc32)cn1. The number of carbonyl (C=O) groups excluding carboxylic acids is 1. The van der Waals surface area contributed by atoms with E-state index in [1.54, 1.807) is 37.6 Å². The minimum Gasteiger partial charge on any atom is -0.481 e. The highest BCUT2D eigenvalue weighted by Gasteiger charge is 2.19. The first-order chi connectivity index (χ1) is 20.5. The Labute approximate surface area is 245 Å². The van der Waals surface area contributed by atoms with Gasteiger partial charge in [0.1, 0.15) is 21.8 Å². The highest BCUT2D eigenvalue weighted by molar-refractivity contribution is 6.29. The minimum atomic E-state index is -0.482. The van der Waals surface area contributed by atoms with E-state index in [-0.39, 0.29) is 5.91 Å². The van der Waals surface area contributed by atoms with Gasteiger partial charge in [-0.2, -0.15) is 20.7 Å². The molecular weight excluding hydrogens is 552 g/mol. The van der Waals surface area contributed by atoms with Crippen molar-refractivity contribution in [2.24, 2.45) is 0 Å². The number of H-pyrrole nitrogens is 1. The number of carbonyl (C=O) groups is 1. The van der Waals surface area contributed by atoms with E-state index >= 15 is 0 Å². The van der Waals surface area contributed by atoms with Gasteiger partial charge in [-0.1, -0.05) is 35.9 Å². The summed E-state index contributed by atoms with van der Waals surface area (Å²) in [5, 5.41) is 25.2. The van der Waals surface area contributed by atoms with Crippen LogP contribution in [0.15, 0.2) is 79.1 Å². The van der Waals surface area contributed by atoms with Gasteiger partial charge in [0.2, 0.25) is 5.88 Å². The number of rotatable bonds is 9. The van der Waals surface area contributed by atoms with Crippen LogP contribution in [0.25, 0.3) is 22.1 Å². The number of methoxy groups -OCH3 is 1. The second-order valence-electron chi connectivity index (χ2n) is 9.84. The fraction of sp³-hybridized carbons (Fsp3) is 0.161. The van der Waals surface area contributed by atoms with Crippen LogP contribution in [0.1, 0.15) is 38.5 Å². The second-order valence-corrected chi connectivity index (χ2v) is 10.2. The third-order valence-corrected chi connectivity index (χ3v) is 7.31. The van der Waals surface area contributed by atoms with Crippen molar-refractivity contribution in [2.45, 2.75) is 25.4 Å². The van der Waals surface area contributed by atoms with Crippen molar-refractivity contribution >= 4 is 39.6 Å². The number of amides is 1. The predicted molar refractivity (Wildman–Crippen MR) is 158 cm³/mol. The summed E-state index contributed by atoms with van der Waals surface area (Å²) >= 11 is 6.25. The van der Waals surface area contributed by atoms with Crippen LogP contribution in [-0.4, -0.2) is 43.0 Å². The van der Waals surface area contributed by atoms with E-state index in [1.807, 2.05) is 53.2 Å². The fourth-order valence-electron chi connectivity index (χ4n) is 4.95. The molecule has 0 radical (unpaired) electrons. The summed E-state index contributed by atoms with van der Waals surface area (Å²) in [6, 6.07) is 22.7. The van der Waals surface area contributed by atoms with E-state index in [2.05, 4.69) is 36.8 Å². The van der Waals surface area contributed by atoms with Crippen LogP contribution in [0.3, 0.4) is 0 Å². The molecule has 1 amide bonds. The van der Waals surface area contributed by atoms with Crippen molar-refractivity contribution in [2.75, 3.05) is 7.11 Å². The molecule has 0 saturated carbocycles. The molecule has 0 aliphatic rings. The highest BCUT2D eigenvalue weighted by Crippen LogP contribution is 2.29. The molecule has 4 heterocycles. The van der Waals surface area contributed by atoms with E-state index in [4.69, 9.17) is 16.3 Å². The van der Waals surface area contributed by atoms with Crippen LogP contribution in [0.4, 0.5) is 0 Å². The Morgan fingerprint density at radius 2 is 1.95 bits per heavy atom. The lowest BCUT2D eigenvalue weighted by Gasteiger charge is -2.11. The van der Waals surface area contributed by atoms with Crippen molar-refractivity contribution in [1.29, 1.82) is 5.26 Å². The molecule has 6 aromatic rings. The van der Waals surface area contributed by atoms with Crippen LogP contribution in [0.2, 0.25) is 5.15 Å². The van der Waals surface area contributed by atoms with Crippen molar-refractivity contribution in [3.8, 4) is 11.9 Å².